The topological polar surface area (TPSA) is 52.8 Å². The van der Waals surface area contributed by atoms with Gasteiger partial charge in [0.2, 0.25) is 0 Å². The number of carbonyl (C=O) groups is 1. The quantitative estimate of drug-likeness (QED) is 0.853. The van der Waals surface area contributed by atoms with Crippen LogP contribution < -0.4 is 5.73 Å². The Bertz CT molecular complexity index is 417. The van der Waals surface area contributed by atoms with Crippen LogP contribution in [0, 0.1) is 11.8 Å². The number of hydrogen-bond donors (Lipinski definition) is 1. The van der Waals surface area contributed by atoms with Gasteiger partial charge in [0.05, 0.1) is 0 Å². The van der Waals surface area contributed by atoms with Crippen LogP contribution in [0.2, 0.25) is 0 Å². The summed E-state index contributed by atoms with van der Waals surface area (Å²) in [7, 11) is 2.22. The molecule has 0 saturated carbocycles. The minimum Gasteiger partial charge on any atom is -0.340 e. The van der Waals surface area contributed by atoms with Crippen LogP contribution in [-0.2, 0) is 4.79 Å². The van der Waals surface area contributed by atoms with Crippen LogP contribution in [0.5, 0.6) is 0 Å². The highest BCUT2D eigenvalue weighted by atomic mass is 16.2. The first-order valence-corrected chi connectivity index (χ1v) is 10.0. The summed E-state index contributed by atoms with van der Waals surface area (Å²) in [5, 5.41) is 0. The van der Waals surface area contributed by atoms with Crippen molar-refractivity contribution < 1.29 is 4.79 Å². The van der Waals surface area contributed by atoms with E-state index in [0.717, 1.165) is 63.7 Å². The van der Waals surface area contributed by atoms with Crippen LogP contribution in [0.4, 0.5) is 0 Å². The van der Waals surface area contributed by atoms with E-state index in [4.69, 9.17) is 5.73 Å². The molecular weight excluding hydrogens is 300 g/mol. The molecule has 0 aromatic heterocycles. The average Bonchev–Trinajstić information content (AvgIpc) is 2.62. The van der Waals surface area contributed by atoms with E-state index in [-0.39, 0.29) is 5.91 Å². The fourth-order valence-electron chi connectivity index (χ4n) is 4.89. The van der Waals surface area contributed by atoms with Gasteiger partial charge in [-0.2, -0.15) is 0 Å². The smallest absolute Gasteiger partial charge is 0.257 e. The summed E-state index contributed by atoms with van der Waals surface area (Å²) < 4.78 is 0. The van der Waals surface area contributed by atoms with E-state index in [0.29, 0.717) is 0 Å². The van der Waals surface area contributed by atoms with Crippen molar-refractivity contribution in [2.45, 2.75) is 57.5 Å². The lowest BCUT2D eigenvalue weighted by Gasteiger charge is -2.44. The molecular formula is C19H36N4O. The normalized spacial score (nSPS) is 28.7. The Hall–Kier alpha value is -0.650. The molecule has 3 fully saturated rings. The predicted molar refractivity (Wildman–Crippen MR) is 97.5 cm³/mol. The van der Waals surface area contributed by atoms with Gasteiger partial charge in [0, 0.05) is 26.2 Å². The summed E-state index contributed by atoms with van der Waals surface area (Å²) in [4.78, 5) is 19.7. The Balaban J connectivity index is 1.51. The highest BCUT2D eigenvalue weighted by Gasteiger charge is 2.40. The standard InChI is InChI=1S/C19H36N4O/c1-19(20,23-10-4-3-5-11-23)18(24)22-14-8-17(9-15-22)16-6-12-21(2)13-7-16/h16-17H,3-15,20H2,1-2H3/t19-/m0/s1. The third-order valence-electron chi connectivity index (χ3n) is 6.70. The van der Waals surface area contributed by atoms with Crippen molar-refractivity contribution in [3.05, 3.63) is 0 Å². The fraction of sp³-hybridized carbons (Fsp3) is 0.947. The summed E-state index contributed by atoms with van der Waals surface area (Å²) in [5.74, 6) is 1.82. The van der Waals surface area contributed by atoms with E-state index < -0.39 is 5.66 Å². The van der Waals surface area contributed by atoms with Crippen LogP contribution in [0.3, 0.4) is 0 Å². The lowest BCUT2D eigenvalue weighted by Crippen LogP contribution is -2.65. The molecule has 0 bridgehead atoms. The van der Waals surface area contributed by atoms with Crippen molar-refractivity contribution in [3.63, 3.8) is 0 Å². The monoisotopic (exact) mass is 336 g/mol. The number of nitrogens with zero attached hydrogens (tertiary/aromatic N) is 3. The van der Waals surface area contributed by atoms with E-state index in [9.17, 15) is 4.79 Å². The molecule has 3 heterocycles. The Labute approximate surface area is 147 Å². The zero-order valence-electron chi connectivity index (χ0n) is 15.7. The maximum absolute atomic E-state index is 13.0. The second-order valence-electron chi connectivity index (χ2n) is 8.47. The number of nitrogens with two attached hydrogens (primary N) is 1. The number of amides is 1. The average molecular weight is 337 g/mol. The zero-order valence-corrected chi connectivity index (χ0v) is 15.7. The number of rotatable bonds is 3. The van der Waals surface area contributed by atoms with Gasteiger partial charge in [-0.25, -0.2) is 0 Å². The molecule has 5 nitrogen and oxygen atoms in total. The first-order valence-electron chi connectivity index (χ1n) is 10.0. The fourth-order valence-corrected chi connectivity index (χ4v) is 4.89. The first-order chi connectivity index (χ1) is 11.5. The minimum absolute atomic E-state index is 0.145. The maximum atomic E-state index is 13.0. The summed E-state index contributed by atoms with van der Waals surface area (Å²) >= 11 is 0. The van der Waals surface area contributed by atoms with Crippen LogP contribution in [0.15, 0.2) is 0 Å². The van der Waals surface area contributed by atoms with E-state index in [2.05, 4.69) is 16.8 Å². The van der Waals surface area contributed by atoms with Gasteiger partial charge in [-0.3, -0.25) is 9.69 Å². The van der Waals surface area contributed by atoms with Gasteiger partial charge in [0.1, 0.15) is 5.66 Å². The number of piperidine rings is 3. The van der Waals surface area contributed by atoms with Gasteiger partial charge >= 0.3 is 0 Å². The molecule has 3 rings (SSSR count). The summed E-state index contributed by atoms with van der Waals surface area (Å²) in [5.41, 5.74) is 5.67. The van der Waals surface area contributed by atoms with Crippen molar-refractivity contribution in [2.24, 2.45) is 17.6 Å². The lowest BCUT2D eigenvalue weighted by molar-refractivity contribution is -0.146. The van der Waals surface area contributed by atoms with E-state index >= 15 is 0 Å². The largest absolute Gasteiger partial charge is 0.340 e. The molecule has 0 radical (unpaired) electrons. The Morgan fingerprint density at radius 3 is 1.92 bits per heavy atom. The van der Waals surface area contributed by atoms with Crippen LogP contribution in [-0.4, -0.2) is 72.6 Å². The minimum atomic E-state index is -0.819. The second-order valence-corrected chi connectivity index (χ2v) is 8.47. The number of hydrogen-bond acceptors (Lipinski definition) is 4. The third-order valence-corrected chi connectivity index (χ3v) is 6.70. The van der Waals surface area contributed by atoms with Gasteiger partial charge < -0.3 is 15.5 Å². The SMILES string of the molecule is CN1CCC(C2CCN(C(=O)[C@@](C)(N)N3CCCCC3)CC2)CC1. The summed E-state index contributed by atoms with van der Waals surface area (Å²) in [6.07, 6.45) is 8.58. The van der Waals surface area contributed by atoms with E-state index in [1.165, 1.54) is 32.4 Å². The zero-order chi connectivity index (χ0) is 17.2. The van der Waals surface area contributed by atoms with Gasteiger partial charge in [0.15, 0.2) is 0 Å². The Morgan fingerprint density at radius 1 is 0.875 bits per heavy atom. The molecule has 24 heavy (non-hydrogen) atoms. The molecule has 1 atom stereocenters. The lowest BCUT2D eigenvalue weighted by atomic mass is 9.78. The first kappa shape index (κ1) is 18.2. The third kappa shape index (κ3) is 3.94. The Kier molecular flexibility index (Phi) is 5.83. The molecule has 3 aliphatic rings. The molecule has 3 saturated heterocycles. The van der Waals surface area contributed by atoms with Crippen molar-refractivity contribution in [1.29, 1.82) is 0 Å². The van der Waals surface area contributed by atoms with Crippen molar-refractivity contribution >= 4 is 5.91 Å². The molecule has 0 aromatic carbocycles. The Morgan fingerprint density at radius 2 is 1.38 bits per heavy atom. The van der Waals surface area contributed by atoms with Gasteiger partial charge in [0.25, 0.3) is 5.91 Å². The molecule has 0 aliphatic carbocycles. The molecule has 2 N–H and O–H groups in total. The second kappa shape index (κ2) is 7.71. The molecule has 1 amide bonds. The molecule has 3 aliphatic heterocycles. The van der Waals surface area contributed by atoms with Crippen molar-refractivity contribution in [2.75, 3.05) is 46.3 Å². The highest BCUT2D eigenvalue weighted by molar-refractivity contribution is 5.85. The predicted octanol–water partition coefficient (Wildman–Crippen LogP) is 1.73. The van der Waals surface area contributed by atoms with Crippen LogP contribution in [0.25, 0.3) is 0 Å². The molecule has 0 aromatic rings. The van der Waals surface area contributed by atoms with Gasteiger partial charge in [-0.15, -0.1) is 0 Å². The van der Waals surface area contributed by atoms with Gasteiger partial charge in [-0.05, 0) is 77.4 Å². The number of likely N-dealkylation sites (tertiary alicyclic amines) is 3. The van der Waals surface area contributed by atoms with Gasteiger partial charge in [-0.1, -0.05) is 6.42 Å². The summed E-state index contributed by atoms with van der Waals surface area (Å²) in [6.45, 7) is 8.12. The molecule has 138 valence electrons. The molecule has 0 unspecified atom stereocenters. The van der Waals surface area contributed by atoms with Crippen molar-refractivity contribution in [3.8, 4) is 0 Å². The molecule has 0 spiro atoms. The van der Waals surface area contributed by atoms with Crippen LogP contribution in [0.1, 0.15) is 51.9 Å². The van der Waals surface area contributed by atoms with Crippen molar-refractivity contribution in [1.82, 2.24) is 14.7 Å². The van der Waals surface area contributed by atoms with Crippen LogP contribution >= 0.6 is 0 Å². The number of carbonyl (C=O) groups excluding carboxylic acids is 1. The van der Waals surface area contributed by atoms with E-state index in [1.807, 2.05) is 11.8 Å². The maximum Gasteiger partial charge on any atom is 0.257 e. The summed E-state index contributed by atoms with van der Waals surface area (Å²) in [6, 6.07) is 0. The van der Waals surface area contributed by atoms with E-state index in [1.54, 1.807) is 0 Å². The highest BCUT2D eigenvalue weighted by Crippen LogP contribution is 2.33. The molecule has 5 heteroatoms.